The molecule has 88 valence electrons. The van der Waals surface area contributed by atoms with Gasteiger partial charge < -0.3 is 0 Å². The highest BCUT2D eigenvalue weighted by molar-refractivity contribution is 7.89. The summed E-state index contributed by atoms with van der Waals surface area (Å²) < 4.78 is 26.6. The average molecular weight is 247 g/mol. The molecule has 0 aliphatic rings. The topological polar surface area (TPSA) is 46.2 Å². The van der Waals surface area contributed by atoms with Gasteiger partial charge in [0.15, 0.2) is 0 Å². The molecule has 0 aliphatic heterocycles. The van der Waals surface area contributed by atoms with Crippen molar-refractivity contribution in [3.63, 3.8) is 0 Å². The number of nitrogens with one attached hydrogen (secondary N) is 1. The Labute approximate surface area is 101 Å². The maximum absolute atomic E-state index is 12.0. The van der Waals surface area contributed by atoms with Crippen molar-refractivity contribution in [2.45, 2.75) is 4.90 Å². The number of fused-ring (bicyclic) bond motifs is 1. The van der Waals surface area contributed by atoms with Crippen LogP contribution in [-0.2, 0) is 10.0 Å². The molecule has 0 unspecified atom stereocenters. The third-order valence-corrected chi connectivity index (χ3v) is 3.94. The van der Waals surface area contributed by atoms with Crippen molar-refractivity contribution < 1.29 is 8.42 Å². The number of sulfonamides is 1. The molecule has 0 atom stereocenters. The Morgan fingerprint density at radius 1 is 1.12 bits per heavy atom. The van der Waals surface area contributed by atoms with Crippen molar-refractivity contribution in [3.05, 3.63) is 55.1 Å². The van der Waals surface area contributed by atoms with E-state index in [9.17, 15) is 8.42 Å². The third kappa shape index (κ3) is 2.38. The second kappa shape index (κ2) is 4.69. The Kier molecular flexibility index (Phi) is 3.26. The van der Waals surface area contributed by atoms with E-state index >= 15 is 0 Å². The summed E-state index contributed by atoms with van der Waals surface area (Å²) in [5, 5.41) is 1.64. The first kappa shape index (κ1) is 11.8. The number of hydrogen-bond donors (Lipinski definition) is 1. The highest BCUT2D eigenvalue weighted by atomic mass is 32.2. The standard InChI is InChI=1S/C13H13NO2S/c1-2-10-14-17(15,16)13-9-5-7-11-6-3-4-8-12(11)13/h2-9,14H,1,10H2. The van der Waals surface area contributed by atoms with Crippen LogP contribution in [0.2, 0.25) is 0 Å². The Morgan fingerprint density at radius 3 is 2.59 bits per heavy atom. The van der Waals surface area contributed by atoms with Crippen LogP contribution in [-0.4, -0.2) is 15.0 Å². The zero-order valence-corrected chi connectivity index (χ0v) is 10.1. The highest BCUT2D eigenvalue weighted by Crippen LogP contribution is 2.22. The fourth-order valence-corrected chi connectivity index (χ4v) is 2.90. The zero-order chi connectivity index (χ0) is 12.3. The van der Waals surface area contributed by atoms with Gasteiger partial charge in [0.25, 0.3) is 0 Å². The van der Waals surface area contributed by atoms with Crippen molar-refractivity contribution in [1.82, 2.24) is 4.72 Å². The molecule has 0 fully saturated rings. The molecular weight excluding hydrogens is 234 g/mol. The van der Waals surface area contributed by atoms with Crippen LogP contribution in [0.3, 0.4) is 0 Å². The second-order valence-corrected chi connectivity index (χ2v) is 5.35. The zero-order valence-electron chi connectivity index (χ0n) is 9.26. The summed E-state index contributed by atoms with van der Waals surface area (Å²) in [5.74, 6) is 0. The molecule has 0 saturated carbocycles. The smallest absolute Gasteiger partial charge is 0.207 e. The summed E-state index contributed by atoms with van der Waals surface area (Å²) in [4.78, 5) is 0.303. The fraction of sp³-hybridized carbons (Fsp3) is 0.0769. The lowest BCUT2D eigenvalue weighted by Gasteiger charge is -2.07. The van der Waals surface area contributed by atoms with Gasteiger partial charge in [-0.2, -0.15) is 0 Å². The lowest BCUT2D eigenvalue weighted by atomic mass is 10.1. The first-order valence-corrected chi connectivity index (χ1v) is 6.72. The van der Waals surface area contributed by atoms with Crippen LogP contribution in [0.15, 0.2) is 60.0 Å². The molecule has 0 radical (unpaired) electrons. The highest BCUT2D eigenvalue weighted by Gasteiger charge is 2.15. The molecule has 1 N–H and O–H groups in total. The van der Waals surface area contributed by atoms with Gasteiger partial charge in [0, 0.05) is 11.9 Å². The molecule has 0 bridgehead atoms. The van der Waals surface area contributed by atoms with E-state index in [2.05, 4.69) is 11.3 Å². The van der Waals surface area contributed by atoms with Gasteiger partial charge in [-0.3, -0.25) is 0 Å². The summed E-state index contributed by atoms with van der Waals surface area (Å²) in [5.41, 5.74) is 0. The minimum absolute atomic E-state index is 0.228. The van der Waals surface area contributed by atoms with Crippen molar-refractivity contribution in [2.75, 3.05) is 6.54 Å². The van der Waals surface area contributed by atoms with Crippen LogP contribution >= 0.6 is 0 Å². The molecule has 0 spiro atoms. The van der Waals surface area contributed by atoms with Gasteiger partial charge in [-0.1, -0.05) is 42.5 Å². The SMILES string of the molecule is C=CCNS(=O)(=O)c1cccc2ccccc12. The number of benzene rings is 2. The monoisotopic (exact) mass is 247 g/mol. The molecule has 0 amide bonds. The molecule has 0 aromatic heterocycles. The molecule has 3 nitrogen and oxygen atoms in total. The summed E-state index contributed by atoms with van der Waals surface area (Å²) in [6.45, 7) is 3.72. The molecule has 0 aliphatic carbocycles. The lowest BCUT2D eigenvalue weighted by molar-refractivity contribution is 0.586. The molecule has 2 aromatic carbocycles. The first-order chi connectivity index (χ1) is 8.15. The largest absolute Gasteiger partial charge is 0.241 e. The van der Waals surface area contributed by atoms with Crippen LogP contribution in [0.25, 0.3) is 10.8 Å². The molecule has 0 saturated heterocycles. The van der Waals surface area contributed by atoms with E-state index in [0.29, 0.717) is 4.90 Å². The Morgan fingerprint density at radius 2 is 1.82 bits per heavy atom. The van der Waals surface area contributed by atoms with E-state index in [0.717, 1.165) is 10.8 Å². The summed E-state index contributed by atoms with van der Waals surface area (Å²) in [6, 6.07) is 12.6. The summed E-state index contributed by atoms with van der Waals surface area (Å²) in [7, 11) is -3.47. The molecular formula is C13H13NO2S. The van der Waals surface area contributed by atoms with Crippen LogP contribution in [0.1, 0.15) is 0 Å². The summed E-state index contributed by atoms with van der Waals surface area (Å²) in [6.07, 6.45) is 1.52. The first-order valence-electron chi connectivity index (χ1n) is 5.23. The van der Waals surface area contributed by atoms with Gasteiger partial charge in [0.05, 0.1) is 4.90 Å². The molecule has 4 heteroatoms. The van der Waals surface area contributed by atoms with Crippen LogP contribution < -0.4 is 4.72 Å². The predicted molar refractivity (Wildman–Crippen MR) is 69.3 cm³/mol. The fourth-order valence-electron chi connectivity index (χ4n) is 1.68. The van der Waals surface area contributed by atoms with E-state index in [1.54, 1.807) is 18.2 Å². The van der Waals surface area contributed by atoms with Crippen LogP contribution in [0.4, 0.5) is 0 Å². The van der Waals surface area contributed by atoms with E-state index < -0.39 is 10.0 Å². The number of hydrogen-bond acceptors (Lipinski definition) is 2. The van der Waals surface area contributed by atoms with Gasteiger partial charge in [-0.25, -0.2) is 13.1 Å². The van der Waals surface area contributed by atoms with E-state index in [1.165, 1.54) is 6.08 Å². The number of rotatable bonds is 4. The second-order valence-electron chi connectivity index (χ2n) is 3.62. The van der Waals surface area contributed by atoms with Gasteiger partial charge in [-0.15, -0.1) is 6.58 Å². The van der Waals surface area contributed by atoms with Crippen LogP contribution in [0.5, 0.6) is 0 Å². The van der Waals surface area contributed by atoms with Crippen LogP contribution in [0, 0.1) is 0 Å². The van der Waals surface area contributed by atoms with Crippen molar-refractivity contribution >= 4 is 20.8 Å². The summed E-state index contributed by atoms with van der Waals surface area (Å²) >= 11 is 0. The Bertz CT molecular complexity index is 642. The molecule has 17 heavy (non-hydrogen) atoms. The quantitative estimate of drug-likeness (QED) is 0.843. The average Bonchev–Trinajstić information content (AvgIpc) is 2.36. The lowest BCUT2D eigenvalue weighted by Crippen LogP contribution is -2.23. The van der Waals surface area contributed by atoms with E-state index in [1.807, 2.05) is 24.3 Å². The maximum atomic E-state index is 12.0. The molecule has 2 rings (SSSR count). The Balaban J connectivity index is 2.59. The van der Waals surface area contributed by atoms with Crippen molar-refractivity contribution in [3.8, 4) is 0 Å². The minimum Gasteiger partial charge on any atom is -0.207 e. The Hall–Kier alpha value is -1.65. The van der Waals surface area contributed by atoms with E-state index in [-0.39, 0.29) is 6.54 Å². The minimum atomic E-state index is -3.47. The normalized spacial score (nSPS) is 11.5. The molecule has 0 heterocycles. The maximum Gasteiger partial charge on any atom is 0.241 e. The van der Waals surface area contributed by atoms with E-state index in [4.69, 9.17) is 0 Å². The van der Waals surface area contributed by atoms with Gasteiger partial charge in [0.2, 0.25) is 10.0 Å². The molecule has 2 aromatic rings. The van der Waals surface area contributed by atoms with Gasteiger partial charge >= 0.3 is 0 Å². The predicted octanol–water partition coefficient (Wildman–Crippen LogP) is 2.30. The van der Waals surface area contributed by atoms with Gasteiger partial charge in [-0.05, 0) is 11.5 Å². The van der Waals surface area contributed by atoms with Crippen molar-refractivity contribution in [1.29, 1.82) is 0 Å². The third-order valence-electron chi connectivity index (χ3n) is 2.46. The van der Waals surface area contributed by atoms with Gasteiger partial charge in [0.1, 0.15) is 0 Å². The van der Waals surface area contributed by atoms with Crippen molar-refractivity contribution in [2.24, 2.45) is 0 Å².